The minimum Gasteiger partial charge on any atom is -0.394 e. The molecule has 0 heterocycles. The van der Waals surface area contributed by atoms with Crippen LogP contribution in [0.4, 0.5) is 0 Å². The van der Waals surface area contributed by atoms with Gasteiger partial charge < -0.3 is 16.2 Å². The van der Waals surface area contributed by atoms with Crippen molar-refractivity contribution in [3.05, 3.63) is 0 Å². The third-order valence-corrected chi connectivity index (χ3v) is 3.67. The van der Waals surface area contributed by atoms with Crippen molar-refractivity contribution in [1.29, 1.82) is 0 Å². The van der Waals surface area contributed by atoms with E-state index in [0.29, 0.717) is 12.3 Å². The lowest BCUT2D eigenvalue weighted by Gasteiger charge is -2.41. The number of hydrogen-bond acceptors (Lipinski definition) is 3. The van der Waals surface area contributed by atoms with E-state index in [1.165, 1.54) is 12.8 Å². The highest BCUT2D eigenvalue weighted by Crippen LogP contribution is 2.34. The summed E-state index contributed by atoms with van der Waals surface area (Å²) in [7, 11) is 0. The van der Waals surface area contributed by atoms with Crippen molar-refractivity contribution < 1.29 is 9.90 Å². The van der Waals surface area contributed by atoms with Gasteiger partial charge in [-0.3, -0.25) is 4.79 Å². The molecule has 1 amide bonds. The fourth-order valence-corrected chi connectivity index (χ4v) is 2.18. The topological polar surface area (TPSA) is 75.4 Å². The van der Waals surface area contributed by atoms with Gasteiger partial charge in [-0.1, -0.05) is 0 Å². The van der Waals surface area contributed by atoms with Gasteiger partial charge in [0, 0.05) is 12.5 Å². The Hall–Kier alpha value is -0.610. The summed E-state index contributed by atoms with van der Waals surface area (Å²) in [6.07, 6.45) is 5.63. The molecule has 0 spiro atoms. The molecule has 1 atom stereocenters. The van der Waals surface area contributed by atoms with Crippen LogP contribution in [0.2, 0.25) is 0 Å². The SMILES string of the molecule is NC(CC(=O)NC1(CO)CCC1)C1CC1. The van der Waals surface area contributed by atoms with E-state index in [4.69, 9.17) is 5.73 Å². The molecule has 2 aliphatic carbocycles. The van der Waals surface area contributed by atoms with E-state index in [1.807, 2.05) is 0 Å². The second kappa shape index (κ2) is 4.10. The van der Waals surface area contributed by atoms with Gasteiger partial charge in [-0.15, -0.1) is 0 Å². The Morgan fingerprint density at radius 1 is 1.53 bits per heavy atom. The molecule has 4 nitrogen and oxygen atoms in total. The predicted octanol–water partition coefficient (Wildman–Crippen LogP) is 0.145. The first-order chi connectivity index (χ1) is 7.15. The second-order valence-electron chi connectivity index (χ2n) is 5.05. The number of carbonyl (C=O) groups excluding carboxylic acids is 1. The van der Waals surface area contributed by atoms with Gasteiger partial charge in [0.25, 0.3) is 0 Å². The molecule has 2 fully saturated rings. The minimum absolute atomic E-state index is 0.00292. The monoisotopic (exact) mass is 212 g/mol. The van der Waals surface area contributed by atoms with Gasteiger partial charge in [-0.2, -0.15) is 0 Å². The van der Waals surface area contributed by atoms with Crippen LogP contribution in [0.25, 0.3) is 0 Å². The molecule has 86 valence electrons. The van der Waals surface area contributed by atoms with E-state index in [0.717, 1.165) is 19.3 Å². The first-order valence-corrected chi connectivity index (χ1v) is 5.83. The first-order valence-electron chi connectivity index (χ1n) is 5.83. The normalized spacial score (nSPS) is 25.5. The van der Waals surface area contributed by atoms with Crippen LogP contribution in [0.1, 0.15) is 38.5 Å². The third kappa shape index (κ3) is 2.49. The first kappa shape index (κ1) is 10.9. The molecule has 0 aromatic carbocycles. The Morgan fingerprint density at radius 2 is 2.20 bits per heavy atom. The standard InChI is InChI=1S/C11H20N2O2/c12-9(8-2-3-8)6-10(15)13-11(7-14)4-1-5-11/h8-9,14H,1-7,12H2,(H,13,15). The zero-order valence-electron chi connectivity index (χ0n) is 9.04. The summed E-state index contributed by atoms with van der Waals surface area (Å²) < 4.78 is 0. The molecular weight excluding hydrogens is 192 g/mol. The molecule has 0 aromatic rings. The van der Waals surface area contributed by atoms with Crippen molar-refractivity contribution >= 4 is 5.91 Å². The lowest BCUT2D eigenvalue weighted by Crippen LogP contribution is -2.56. The minimum atomic E-state index is -0.319. The van der Waals surface area contributed by atoms with E-state index in [2.05, 4.69) is 5.32 Å². The summed E-state index contributed by atoms with van der Waals surface area (Å²) in [6, 6.07) is 0.0146. The van der Waals surface area contributed by atoms with Crippen LogP contribution in [0, 0.1) is 5.92 Å². The molecular formula is C11H20N2O2. The van der Waals surface area contributed by atoms with Crippen molar-refractivity contribution in [1.82, 2.24) is 5.32 Å². The highest BCUT2D eigenvalue weighted by molar-refractivity contribution is 5.77. The number of aliphatic hydroxyl groups excluding tert-OH is 1. The van der Waals surface area contributed by atoms with Gasteiger partial charge in [0.15, 0.2) is 0 Å². The molecule has 15 heavy (non-hydrogen) atoms. The molecule has 0 saturated heterocycles. The largest absolute Gasteiger partial charge is 0.394 e. The second-order valence-corrected chi connectivity index (χ2v) is 5.05. The van der Waals surface area contributed by atoms with Crippen molar-refractivity contribution in [3.8, 4) is 0 Å². The Labute approximate surface area is 90.2 Å². The zero-order chi connectivity index (χ0) is 10.9. The highest BCUT2D eigenvalue weighted by atomic mass is 16.3. The van der Waals surface area contributed by atoms with Crippen LogP contribution in [0.5, 0.6) is 0 Å². The van der Waals surface area contributed by atoms with E-state index in [9.17, 15) is 9.90 Å². The number of amides is 1. The Bertz CT molecular complexity index is 241. The lowest BCUT2D eigenvalue weighted by atomic mass is 9.77. The van der Waals surface area contributed by atoms with Crippen molar-refractivity contribution in [3.63, 3.8) is 0 Å². The van der Waals surface area contributed by atoms with Gasteiger partial charge >= 0.3 is 0 Å². The van der Waals surface area contributed by atoms with E-state index in [1.54, 1.807) is 0 Å². The maximum atomic E-state index is 11.7. The Balaban J connectivity index is 1.75. The number of carbonyl (C=O) groups is 1. The summed E-state index contributed by atoms with van der Waals surface area (Å²) in [5.41, 5.74) is 5.56. The summed E-state index contributed by atoms with van der Waals surface area (Å²) in [5.74, 6) is 0.561. The lowest BCUT2D eigenvalue weighted by molar-refractivity contribution is -0.125. The Kier molecular flexibility index (Phi) is 2.98. The van der Waals surface area contributed by atoms with Crippen LogP contribution in [0.15, 0.2) is 0 Å². The predicted molar refractivity (Wildman–Crippen MR) is 57.1 cm³/mol. The fraction of sp³-hybridized carbons (Fsp3) is 0.909. The van der Waals surface area contributed by atoms with Crippen LogP contribution in [0.3, 0.4) is 0 Å². The van der Waals surface area contributed by atoms with Gasteiger partial charge in [0.2, 0.25) is 5.91 Å². The van der Waals surface area contributed by atoms with Gasteiger partial charge in [-0.25, -0.2) is 0 Å². The summed E-state index contributed by atoms with van der Waals surface area (Å²) in [6.45, 7) is 0.0530. The van der Waals surface area contributed by atoms with Crippen LogP contribution < -0.4 is 11.1 Å². The van der Waals surface area contributed by atoms with E-state index in [-0.39, 0.29) is 24.1 Å². The van der Waals surface area contributed by atoms with Crippen molar-refractivity contribution in [2.75, 3.05) is 6.61 Å². The molecule has 0 bridgehead atoms. The quantitative estimate of drug-likeness (QED) is 0.607. The number of nitrogens with two attached hydrogens (primary N) is 1. The molecule has 0 radical (unpaired) electrons. The molecule has 0 aliphatic heterocycles. The van der Waals surface area contributed by atoms with E-state index >= 15 is 0 Å². The number of rotatable bonds is 5. The van der Waals surface area contributed by atoms with Crippen LogP contribution in [-0.4, -0.2) is 29.2 Å². The smallest absolute Gasteiger partial charge is 0.222 e. The summed E-state index contributed by atoms with van der Waals surface area (Å²) in [5, 5.41) is 12.1. The van der Waals surface area contributed by atoms with Crippen molar-refractivity contribution in [2.24, 2.45) is 11.7 Å². The summed E-state index contributed by atoms with van der Waals surface area (Å²) in [4.78, 5) is 11.7. The number of nitrogens with one attached hydrogen (secondary N) is 1. The van der Waals surface area contributed by atoms with E-state index < -0.39 is 0 Å². The molecule has 4 heteroatoms. The molecule has 0 aromatic heterocycles. The van der Waals surface area contributed by atoms with Crippen molar-refractivity contribution in [2.45, 2.75) is 50.1 Å². The average Bonchev–Trinajstić information content (AvgIpc) is 2.94. The van der Waals surface area contributed by atoms with Gasteiger partial charge in [-0.05, 0) is 38.0 Å². The maximum absolute atomic E-state index is 11.7. The average molecular weight is 212 g/mol. The van der Waals surface area contributed by atoms with Crippen LogP contribution in [-0.2, 0) is 4.79 Å². The zero-order valence-corrected chi connectivity index (χ0v) is 9.04. The van der Waals surface area contributed by atoms with Gasteiger partial charge in [0.05, 0.1) is 12.1 Å². The van der Waals surface area contributed by atoms with Gasteiger partial charge in [0.1, 0.15) is 0 Å². The summed E-state index contributed by atoms with van der Waals surface area (Å²) >= 11 is 0. The molecule has 2 saturated carbocycles. The third-order valence-electron chi connectivity index (χ3n) is 3.67. The maximum Gasteiger partial charge on any atom is 0.222 e. The fourth-order valence-electron chi connectivity index (χ4n) is 2.18. The molecule has 2 aliphatic rings. The molecule has 4 N–H and O–H groups in total. The number of aliphatic hydroxyl groups is 1. The van der Waals surface area contributed by atoms with Crippen LogP contribution >= 0.6 is 0 Å². The molecule has 1 unspecified atom stereocenters. The number of hydrogen-bond donors (Lipinski definition) is 3. The Morgan fingerprint density at radius 3 is 2.60 bits per heavy atom. The molecule has 2 rings (SSSR count). The highest BCUT2D eigenvalue weighted by Gasteiger charge is 2.38.